The predicted octanol–water partition coefficient (Wildman–Crippen LogP) is 2.06. The van der Waals surface area contributed by atoms with Crippen LogP contribution in [0.4, 0.5) is 0 Å². The Balaban J connectivity index is 2.26. The van der Waals surface area contributed by atoms with E-state index in [1.54, 1.807) is 0 Å². The van der Waals surface area contributed by atoms with Crippen LogP contribution in [0.15, 0.2) is 0 Å². The highest BCUT2D eigenvalue weighted by Gasteiger charge is 2.22. The summed E-state index contributed by atoms with van der Waals surface area (Å²) in [6.45, 7) is 3.14. The first-order valence-electron chi connectivity index (χ1n) is 5.90. The van der Waals surface area contributed by atoms with Crippen LogP contribution in [0.3, 0.4) is 0 Å². The van der Waals surface area contributed by atoms with Crippen molar-refractivity contribution in [2.45, 2.75) is 45.1 Å². The van der Waals surface area contributed by atoms with Crippen molar-refractivity contribution in [2.24, 2.45) is 5.92 Å². The molecule has 1 fully saturated rings. The summed E-state index contributed by atoms with van der Waals surface area (Å²) in [6.07, 6.45) is 5.76. The van der Waals surface area contributed by atoms with Crippen LogP contribution in [0.5, 0.6) is 0 Å². The van der Waals surface area contributed by atoms with Gasteiger partial charge < -0.3 is 9.64 Å². The zero-order valence-electron chi connectivity index (χ0n) is 10.2. The largest absolute Gasteiger partial charge is 0.469 e. The molecule has 2 atom stereocenters. The van der Waals surface area contributed by atoms with Crippen molar-refractivity contribution >= 4 is 5.97 Å². The number of nitrogens with zero attached hydrogens (tertiary/aromatic N) is 1. The van der Waals surface area contributed by atoms with Crippen molar-refractivity contribution in [3.05, 3.63) is 0 Å². The lowest BCUT2D eigenvalue weighted by Crippen LogP contribution is -2.36. The van der Waals surface area contributed by atoms with E-state index >= 15 is 0 Å². The highest BCUT2D eigenvalue weighted by molar-refractivity contribution is 5.69. The average Bonchev–Trinajstić information content (AvgIpc) is 2.25. The molecule has 0 amide bonds. The Labute approximate surface area is 92.8 Å². The highest BCUT2D eigenvalue weighted by Crippen LogP contribution is 2.26. The van der Waals surface area contributed by atoms with Gasteiger partial charge in [0.2, 0.25) is 0 Å². The Kier molecular flexibility index (Phi) is 5.09. The van der Waals surface area contributed by atoms with Gasteiger partial charge in [-0.1, -0.05) is 19.8 Å². The number of carbonyl (C=O) groups is 1. The number of carbonyl (C=O) groups excluding carboxylic acids is 1. The fraction of sp³-hybridized carbons (Fsp3) is 0.917. The molecule has 2 unspecified atom stereocenters. The summed E-state index contributed by atoms with van der Waals surface area (Å²) >= 11 is 0. The van der Waals surface area contributed by atoms with E-state index in [-0.39, 0.29) is 5.97 Å². The van der Waals surface area contributed by atoms with Crippen LogP contribution in [-0.4, -0.2) is 37.6 Å². The van der Waals surface area contributed by atoms with Gasteiger partial charge >= 0.3 is 5.97 Å². The van der Waals surface area contributed by atoms with Crippen molar-refractivity contribution in [1.82, 2.24) is 4.90 Å². The Hall–Kier alpha value is -0.570. The molecule has 0 saturated heterocycles. The van der Waals surface area contributed by atoms with Crippen LogP contribution in [0.1, 0.15) is 39.0 Å². The van der Waals surface area contributed by atoms with Crippen molar-refractivity contribution in [3.63, 3.8) is 0 Å². The van der Waals surface area contributed by atoms with Gasteiger partial charge in [0, 0.05) is 12.6 Å². The van der Waals surface area contributed by atoms with Crippen molar-refractivity contribution in [3.8, 4) is 0 Å². The fourth-order valence-electron chi connectivity index (χ4n) is 2.35. The van der Waals surface area contributed by atoms with Crippen LogP contribution < -0.4 is 0 Å². The summed E-state index contributed by atoms with van der Waals surface area (Å²) < 4.78 is 4.64. The second kappa shape index (κ2) is 6.11. The third kappa shape index (κ3) is 4.20. The van der Waals surface area contributed by atoms with Crippen LogP contribution >= 0.6 is 0 Å². The van der Waals surface area contributed by atoms with Gasteiger partial charge in [0.15, 0.2) is 0 Å². The number of hydrogen-bond acceptors (Lipinski definition) is 3. The van der Waals surface area contributed by atoms with Crippen LogP contribution in [0.2, 0.25) is 0 Å². The molecule has 0 spiro atoms. The molecular weight excluding hydrogens is 190 g/mol. The number of esters is 1. The standard InChI is InChI=1S/C12H23NO2/c1-10-5-4-6-11(9-10)13(2)8-7-12(14)15-3/h10-11H,4-9H2,1-3H3. The Morgan fingerprint density at radius 2 is 2.20 bits per heavy atom. The van der Waals surface area contributed by atoms with Gasteiger partial charge in [-0.25, -0.2) is 0 Å². The van der Waals surface area contributed by atoms with E-state index in [0.717, 1.165) is 12.5 Å². The summed E-state index contributed by atoms with van der Waals surface area (Å²) in [5.41, 5.74) is 0. The maximum absolute atomic E-state index is 11.0. The van der Waals surface area contributed by atoms with E-state index < -0.39 is 0 Å². The lowest BCUT2D eigenvalue weighted by Gasteiger charge is -2.33. The van der Waals surface area contributed by atoms with E-state index in [0.29, 0.717) is 12.5 Å². The summed E-state index contributed by atoms with van der Waals surface area (Å²) in [5, 5.41) is 0. The molecule has 0 bridgehead atoms. The van der Waals surface area contributed by atoms with Gasteiger partial charge in [-0.3, -0.25) is 4.79 Å². The first kappa shape index (κ1) is 12.5. The third-order valence-corrected chi connectivity index (χ3v) is 3.43. The van der Waals surface area contributed by atoms with E-state index in [4.69, 9.17) is 0 Å². The van der Waals surface area contributed by atoms with Crippen molar-refractivity contribution in [1.29, 1.82) is 0 Å². The number of rotatable bonds is 4. The topological polar surface area (TPSA) is 29.5 Å². The highest BCUT2D eigenvalue weighted by atomic mass is 16.5. The summed E-state index contributed by atoms with van der Waals surface area (Å²) in [5.74, 6) is 0.732. The zero-order chi connectivity index (χ0) is 11.3. The van der Waals surface area contributed by atoms with Crippen molar-refractivity contribution < 1.29 is 9.53 Å². The Morgan fingerprint density at radius 1 is 1.47 bits per heavy atom. The summed E-state index contributed by atoms with van der Waals surface area (Å²) in [7, 11) is 3.57. The number of methoxy groups -OCH3 is 1. The van der Waals surface area contributed by atoms with Gasteiger partial charge in [-0.05, 0) is 25.8 Å². The van der Waals surface area contributed by atoms with E-state index in [1.807, 2.05) is 0 Å². The molecule has 0 aromatic rings. The molecule has 0 aromatic carbocycles. The maximum atomic E-state index is 11.0. The molecule has 88 valence electrons. The minimum absolute atomic E-state index is 0.106. The normalized spacial score (nSPS) is 26.7. The minimum atomic E-state index is -0.106. The molecule has 15 heavy (non-hydrogen) atoms. The van der Waals surface area contributed by atoms with Crippen molar-refractivity contribution in [2.75, 3.05) is 20.7 Å². The smallest absolute Gasteiger partial charge is 0.306 e. The van der Waals surface area contributed by atoms with Gasteiger partial charge in [-0.15, -0.1) is 0 Å². The fourth-order valence-corrected chi connectivity index (χ4v) is 2.35. The molecule has 0 aliphatic heterocycles. The van der Waals surface area contributed by atoms with E-state index in [1.165, 1.54) is 32.8 Å². The third-order valence-electron chi connectivity index (χ3n) is 3.43. The maximum Gasteiger partial charge on any atom is 0.306 e. The Bertz CT molecular complexity index is 206. The predicted molar refractivity (Wildman–Crippen MR) is 60.7 cm³/mol. The molecule has 0 aromatic heterocycles. The number of hydrogen-bond donors (Lipinski definition) is 0. The van der Waals surface area contributed by atoms with Gasteiger partial charge in [0.25, 0.3) is 0 Å². The van der Waals surface area contributed by atoms with Gasteiger partial charge in [-0.2, -0.15) is 0 Å². The average molecular weight is 213 g/mol. The monoisotopic (exact) mass is 213 g/mol. The first-order chi connectivity index (χ1) is 7.13. The van der Waals surface area contributed by atoms with Crippen LogP contribution in [0.25, 0.3) is 0 Å². The van der Waals surface area contributed by atoms with E-state index in [2.05, 4.69) is 23.6 Å². The van der Waals surface area contributed by atoms with Gasteiger partial charge in [0.1, 0.15) is 0 Å². The van der Waals surface area contributed by atoms with Crippen LogP contribution in [-0.2, 0) is 9.53 Å². The van der Waals surface area contributed by atoms with E-state index in [9.17, 15) is 4.79 Å². The summed E-state index contributed by atoms with van der Waals surface area (Å²) in [6, 6.07) is 0.665. The second-order valence-corrected chi connectivity index (χ2v) is 4.73. The molecule has 1 rings (SSSR count). The molecule has 1 aliphatic carbocycles. The quantitative estimate of drug-likeness (QED) is 0.669. The SMILES string of the molecule is COC(=O)CCN(C)C1CCCC(C)C1. The molecular formula is C12H23NO2. The molecule has 1 saturated carbocycles. The molecule has 0 radical (unpaired) electrons. The number of ether oxygens (including phenoxy) is 1. The van der Waals surface area contributed by atoms with Crippen LogP contribution in [0, 0.1) is 5.92 Å². The summed E-state index contributed by atoms with van der Waals surface area (Å²) in [4.78, 5) is 13.3. The Morgan fingerprint density at radius 3 is 2.80 bits per heavy atom. The zero-order valence-corrected chi connectivity index (χ0v) is 10.2. The minimum Gasteiger partial charge on any atom is -0.469 e. The first-order valence-corrected chi connectivity index (χ1v) is 5.90. The molecule has 0 heterocycles. The molecule has 0 N–H and O–H groups in total. The molecule has 1 aliphatic rings. The molecule has 3 heteroatoms. The molecule has 3 nitrogen and oxygen atoms in total. The van der Waals surface area contributed by atoms with Gasteiger partial charge in [0.05, 0.1) is 13.5 Å². The lowest BCUT2D eigenvalue weighted by molar-refractivity contribution is -0.141. The lowest BCUT2D eigenvalue weighted by atomic mass is 9.86. The second-order valence-electron chi connectivity index (χ2n) is 4.73.